The molecular weight excluding hydrogens is 436 g/mol. The molecule has 1 heterocycles. The van der Waals surface area contributed by atoms with E-state index in [1.807, 2.05) is 30.3 Å². The van der Waals surface area contributed by atoms with Crippen LogP contribution in [-0.4, -0.2) is 45.3 Å². The summed E-state index contributed by atoms with van der Waals surface area (Å²) >= 11 is 0. The third kappa shape index (κ3) is 5.40. The lowest BCUT2D eigenvalue weighted by molar-refractivity contribution is -0.125. The summed E-state index contributed by atoms with van der Waals surface area (Å²) < 4.78 is 21.9. The topological polar surface area (TPSA) is 95.1 Å². The number of rotatable bonds is 8. The van der Waals surface area contributed by atoms with E-state index in [0.717, 1.165) is 5.56 Å². The first kappa shape index (κ1) is 23.0. The van der Waals surface area contributed by atoms with Crippen molar-refractivity contribution < 1.29 is 28.5 Å². The van der Waals surface area contributed by atoms with Gasteiger partial charge in [-0.1, -0.05) is 18.2 Å². The molecule has 1 atom stereocenters. The number of nitrogens with one attached hydrogen (secondary N) is 2. The molecule has 2 amide bonds. The highest BCUT2D eigenvalue weighted by Gasteiger charge is 2.27. The van der Waals surface area contributed by atoms with E-state index < -0.39 is 6.10 Å². The molecule has 1 aliphatic heterocycles. The average molecular weight is 463 g/mol. The number of anilines is 1. The predicted octanol–water partition coefficient (Wildman–Crippen LogP) is 3.45. The van der Waals surface area contributed by atoms with E-state index in [1.54, 1.807) is 50.6 Å². The number of amides is 2. The van der Waals surface area contributed by atoms with Crippen molar-refractivity contribution in [3.63, 3.8) is 0 Å². The Morgan fingerprint density at radius 2 is 1.68 bits per heavy atom. The average Bonchev–Trinajstić information content (AvgIpc) is 2.88. The summed E-state index contributed by atoms with van der Waals surface area (Å²) in [5.41, 5.74) is 2.08. The Hall–Kier alpha value is -4.20. The molecule has 0 aromatic heterocycles. The highest BCUT2D eigenvalue weighted by Crippen LogP contribution is 2.31. The van der Waals surface area contributed by atoms with Crippen molar-refractivity contribution in [1.29, 1.82) is 0 Å². The van der Waals surface area contributed by atoms with Gasteiger partial charge in [-0.25, -0.2) is 0 Å². The minimum absolute atomic E-state index is 0.128. The number of ether oxygens (including phenoxy) is 4. The van der Waals surface area contributed by atoms with Crippen LogP contribution in [0.25, 0.3) is 0 Å². The monoisotopic (exact) mass is 462 g/mol. The van der Waals surface area contributed by atoms with Crippen LogP contribution >= 0.6 is 0 Å². The normalized spacial score (nSPS) is 14.1. The summed E-state index contributed by atoms with van der Waals surface area (Å²) in [6.07, 6.45) is -0.109. The Labute approximate surface area is 197 Å². The van der Waals surface area contributed by atoms with Gasteiger partial charge >= 0.3 is 0 Å². The van der Waals surface area contributed by atoms with Gasteiger partial charge in [-0.05, 0) is 60.5 Å². The predicted molar refractivity (Wildman–Crippen MR) is 127 cm³/mol. The number of hydrogen-bond acceptors (Lipinski definition) is 6. The number of carbonyl (C=O) groups excluding carboxylic acids is 2. The second-order valence-corrected chi connectivity index (χ2v) is 7.63. The highest BCUT2D eigenvalue weighted by molar-refractivity contribution is 5.97. The molecule has 3 aromatic rings. The van der Waals surface area contributed by atoms with E-state index in [9.17, 15) is 9.59 Å². The van der Waals surface area contributed by atoms with Crippen molar-refractivity contribution in [1.82, 2.24) is 5.32 Å². The molecule has 1 unspecified atom stereocenters. The number of methoxy groups -OCH3 is 2. The van der Waals surface area contributed by atoms with Crippen LogP contribution in [0.2, 0.25) is 0 Å². The quantitative estimate of drug-likeness (QED) is 0.533. The van der Waals surface area contributed by atoms with Gasteiger partial charge in [-0.3, -0.25) is 9.59 Å². The highest BCUT2D eigenvalue weighted by atomic mass is 16.6. The molecule has 8 nitrogen and oxygen atoms in total. The van der Waals surface area contributed by atoms with E-state index in [0.29, 0.717) is 47.2 Å². The van der Waals surface area contributed by atoms with Gasteiger partial charge in [0.2, 0.25) is 6.10 Å². The Balaban J connectivity index is 1.27. The third-order valence-electron chi connectivity index (χ3n) is 5.36. The van der Waals surface area contributed by atoms with Gasteiger partial charge < -0.3 is 29.6 Å². The summed E-state index contributed by atoms with van der Waals surface area (Å²) in [7, 11) is 3.18. The molecule has 0 saturated carbocycles. The van der Waals surface area contributed by atoms with Gasteiger partial charge in [-0.15, -0.1) is 0 Å². The Bertz CT molecular complexity index is 1160. The first-order valence-corrected chi connectivity index (χ1v) is 10.9. The van der Waals surface area contributed by atoms with Crippen LogP contribution in [0.1, 0.15) is 15.9 Å². The van der Waals surface area contributed by atoms with E-state index in [-0.39, 0.29) is 18.4 Å². The molecule has 34 heavy (non-hydrogen) atoms. The molecule has 3 aromatic carbocycles. The van der Waals surface area contributed by atoms with Gasteiger partial charge in [-0.2, -0.15) is 0 Å². The van der Waals surface area contributed by atoms with Crippen molar-refractivity contribution in [3.8, 4) is 23.0 Å². The summed E-state index contributed by atoms with van der Waals surface area (Å²) in [6.45, 7) is 0.594. The Kier molecular flexibility index (Phi) is 7.17. The summed E-state index contributed by atoms with van der Waals surface area (Å²) in [5.74, 6) is 1.95. The van der Waals surface area contributed by atoms with Gasteiger partial charge in [0.1, 0.15) is 6.61 Å². The van der Waals surface area contributed by atoms with Crippen molar-refractivity contribution in [2.75, 3.05) is 32.7 Å². The minimum Gasteiger partial charge on any atom is -0.493 e. The molecule has 0 spiro atoms. The van der Waals surface area contributed by atoms with Crippen LogP contribution in [0, 0.1) is 0 Å². The zero-order valence-electron chi connectivity index (χ0n) is 19.0. The number of para-hydroxylation sites is 2. The van der Waals surface area contributed by atoms with E-state index in [2.05, 4.69) is 10.6 Å². The van der Waals surface area contributed by atoms with E-state index >= 15 is 0 Å². The fourth-order valence-corrected chi connectivity index (χ4v) is 3.53. The molecule has 0 bridgehead atoms. The largest absolute Gasteiger partial charge is 0.493 e. The molecular formula is C26H26N2O6. The maximum Gasteiger partial charge on any atom is 0.269 e. The number of carbonyl (C=O) groups is 2. The standard InChI is InChI=1S/C26H26N2O6/c1-31-20-12-7-17(15-23(20)32-2)13-14-27-25(29)18-8-10-19(11-9-18)28-26(30)24-16-33-21-5-3-4-6-22(21)34-24/h3-12,15,24H,13-14,16H2,1-2H3,(H,27,29)(H,28,30). The maximum atomic E-state index is 12.5. The van der Waals surface area contributed by atoms with Crippen molar-refractivity contribution in [2.45, 2.75) is 12.5 Å². The molecule has 4 rings (SSSR count). The fraction of sp³-hybridized carbons (Fsp3) is 0.231. The smallest absolute Gasteiger partial charge is 0.269 e. The lowest BCUT2D eigenvalue weighted by atomic mass is 10.1. The number of benzene rings is 3. The van der Waals surface area contributed by atoms with Gasteiger partial charge in [0.25, 0.3) is 11.8 Å². The summed E-state index contributed by atoms with van der Waals surface area (Å²) in [4.78, 5) is 25.0. The maximum absolute atomic E-state index is 12.5. The van der Waals surface area contributed by atoms with Crippen molar-refractivity contribution in [3.05, 3.63) is 77.9 Å². The molecule has 1 aliphatic rings. The van der Waals surface area contributed by atoms with Crippen molar-refractivity contribution >= 4 is 17.5 Å². The van der Waals surface area contributed by atoms with Crippen LogP contribution in [-0.2, 0) is 11.2 Å². The molecule has 0 radical (unpaired) electrons. The van der Waals surface area contributed by atoms with Crippen LogP contribution in [0.3, 0.4) is 0 Å². The first-order chi connectivity index (χ1) is 16.6. The third-order valence-corrected chi connectivity index (χ3v) is 5.36. The molecule has 2 N–H and O–H groups in total. The van der Waals surface area contributed by atoms with Gasteiger partial charge in [0.15, 0.2) is 23.0 Å². The van der Waals surface area contributed by atoms with Gasteiger partial charge in [0.05, 0.1) is 14.2 Å². The van der Waals surface area contributed by atoms with Crippen LogP contribution < -0.4 is 29.6 Å². The Morgan fingerprint density at radius 1 is 0.941 bits per heavy atom. The number of hydrogen-bond donors (Lipinski definition) is 2. The lowest BCUT2D eigenvalue weighted by Gasteiger charge is -2.25. The van der Waals surface area contributed by atoms with Crippen molar-refractivity contribution in [2.24, 2.45) is 0 Å². The van der Waals surface area contributed by atoms with Gasteiger partial charge in [0, 0.05) is 17.8 Å². The molecule has 8 heteroatoms. The fourth-order valence-electron chi connectivity index (χ4n) is 3.53. The zero-order chi connectivity index (χ0) is 23.9. The second-order valence-electron chi connectivity index (χ2n) is 7.63. The van der Waals surface area contributed by atoms with E-state index in [4.69, 9.17) is 18.9 Å². The number of fused-ring (bicyclic) bond motifs is 1. The second kappa shape index (κ2) is 10.6. The van der Waals surface area contributed by atoms with Crippen LogP contribution in [0.15, 0.2) is 66.7 Å². The summed E-state index contributed by atoms with van der Waals surface area (Å²) in [5, 5.41) is 5.70. The first-order valence-electron chi connectivity index (χ1n) is 10.9. The molecule has 0 saturated heterocycles. The zero-order valence-corrected chi connectivity index (χ0v) is 19.0. The van der Waals surface area contributed by atoms with Crippen LogP contribution in [0.5, 0.6) is 23.0 Å². The SMILES string of the molecule is COc1ccc(CCNC(=O)c2ccc(NC(=O)C3COc4ccccc4O3)cc2)cc1OC. The minimum atomic E-state index is -0.755. The molecule has 0 aliphatic carbocycles. The molecule has 0 fully saturated rings. The van der Waals surface area contributed by atoms with E-state index in [1.165, 1.54) is 0 Å². The Morgan fingerprint density at radius 3 is 2.41 bits per heavy atom. The summed E-state index contributed by atoms with van der Waals surface area (Å²) in [6, 6.07) is 19.6. The molecule has 176 valence electrons. The lowest BCUT2D eigenvalue weighted by Crippen LogP contribution is -2.40. The van der Waals surface area contributed by atoms with Crippen LogP contribution in [0.4, 0.5) is 5.69 Å².